The summed E-state index contributed by atoms with van der Waals surface area (Å²) >= 11 is 0. The zero-order valence-corrected chi connectivity index (χ0v) is 18.8. The van der Waals surface area contributed by atoms with Crippen LogP contribution in [0.4, 0.5) is 0 Å². The molecule has 0 fully saturated rings. The van der Waals surface area contributed by atoms with Crippen LogP contribution >= 0.6 is 0 Å². The Kier molecular flexibility index (Phi) is 17.8. The Bertz CT molecular complexity index is 409. The topological polar surface area (TPSA) is 74.6 Å². The van der Waals surface area contributed by atoms with Crippen molar-refractivity contribution in [2.24, 2.45) is 0 Å². The molecule has 0 saturated carbocycles. The summed E-state index contributed by atoms with van der Waals surface area (Å²) in [6.07, 6.45) is 18.4. The van der Waals surface area contributed by atoms with E-state index in [1.807, 2.05) is 0 Å². The standard InChI is InChI=1S/C22H46O4S/c1-3-5-7-8-9-10-11-12-13-14-15-19-22(27(24,25)26)20-16-18-21(23)17-6-4-2/h21-23H,3-20H2,1-2H3,(H,24,25,26). The van der Waals surface area contributed by atoms with Gasteiger partial charge in [0.15, 0.2) is 0 Å². The van der Waals surface area contributed by atoms with E-state index in [4.69, 9.17) is 0 Å². The molecule has 0 aromatic rings. The Hall–Kier alpha value is -0.130. The van der Waals surface area contributed by atoms with E-state index in [2.05, 4.69) is 13.8 Å². The SMILES string of the molecule is CCCCCCCCCCCCCC(CCCC(O)CCCC)S(=O)(=O)O. The van der Waals surface area contributed by atoms with Crippen LogP contribution in [-0.4, -0.2) is 29.4 Å². The molecule has 4 nitrogen and oxygen atoms in total. The van der Waals surface area contributed by atoms with Crippen molar-refractivity contribution in [1.29, 1.82) is 0 Å². The summed E-state index contributed by atoms with van der Waals surface area (Å²) in [5.41, 5.74) is 0. The highest BCUT2D eigenvalue weighted by Crippen LogP contribution is 2.19. The molecule has 5 heteroatoms. The normalized spacial score (nSPS) is 14.4. The van der Waals surface area contributed by atoms with Crippen LogP contribution in [-0.2, 0) is 10.1 Å². The van der Waals surface area contributed by atoms with Crippen molar-refractivity contribution >= 4 is 10.1 Å². The van der Waals surface area contributed by atoms with E-state index in [0.29, 0.717) is 25.7 Å². The lowest BCUT2D eigenvalue weighted by molar-refractivity contribution is 0.148. The van der Waals surface area contributed by atoms with Gasteiger partial charge in [-0.2, -0.15) is 8.42 Å². The molecule has 0 aromatic heterocycles. The van der Waals surface area contributed by atoms with Gasteiger partial charge in [0.1, 0.15) is 0 Å². The highest BCUT2D eigenvalue weighted by atomic mass is 32.2. The van der Waals surface area contributed by atoms with Gasteiger partial charge in [-0.05, 0) is 32.1 Å². The van der Waals surface area contributed by atoms with Gasteiger partial charge in [-0.25, -0.2) is 0 Å². The van der Waals surface area contributed by atoms with E-state index in [9.17, 15) is 18.1 Å². The maximum atomic E-state index is 11.6. The molecule has 2 unspecified atom stereocenters. The second-order valence-electron chi connectivity index (χ2n) is 8.19. The Morgan fingerprint density at radius 3 is 1.48 bits per heavy atom. The van der Waals surface area contributed by atoms with Gasteiger partial charge < -0.3 is 5.11 Å². The number of aliphatic hydroxyl groups excluding tert-OH is 1. The van der Waals surface area contributed by atoms with Gasteiger partial charge in [-0.3, -0.25) is 4.55 Å². The summed E-state index contributed by atoms with van der Waals surface area (Å²) < 4.78 is 32.6. The Labute approximate surface area is 169 Å². The first-order chi connectivity index (χ1) is 12.9. The molecule has 0 aliphatic rings. The van der Waals surface area contributed by atoms with Crippen LogP contribution in [0.5, 0.6) is 0 Å². The van der Waals surface area contributed by atoms with E-state index < -0.39 is 15.4 Å². The molecule has 164 valence electrons. The summed E-state index contributed by atoms with van der Waals surface area (Å²) in [5, 5.41) is 9.20. The summed E-state index contributed by atoms with van der Waals surface area (Å²) in [5.74, 6) is 0. The van der Waals surface area contributed by atoms with Crippen LogP contribution in [0.15, 0.2) is 0 Å². The van der Waals surface area contributed by atoms with E-state index >= 15 is 0 Å². The minimum atomic E-state index is -3.97. The highest BCUT2D eigenvalue weighted by molar-refractivity contribution is 7.86. The van der Waals surface area contributed by atoms with Gasteiger partial charge in [0.05, 0.1) is 11.4 Å². The molecular formula is C22H46O4S. The van der Waals surface area contributed by atoms with Crippen molar-refractivity contribution in [3.8, 4) is 0 Å². The molecule has 0 aliphatic carbocycles. The lowest BCUT2D eigenvalue weighted by Crippen LogP contribution is -2.21. The Morgan fingerprint density at radius 1 is 0.593 bits per heavy atom. The smallest absolute Gasteiger partial charge is 0.267 e. The predicted octanol–water partition coefficient (Wildman–Crippen LogP) is 6.67. The fourth-order valence-corrected chi connectivity index (χ4v) is 4.57. The van der Waals surface area contributed by atoms with Crippen molar-refractivity contribution in [3.63, 3.8) is 0 Å². The third-order valence-corrected chi connectivity index (χ3v) is 6.82. The molecule has 0 rings (SSSR count). The first-order valence-electron chi connectivity index (χ1n) is 11.6. The molecule has 0 bridgehead atoms. The molecule has 0 heterocycles. The monoisotopic (exact) mass is 406 g/mol. The number of rotatable bonds is 20. The van der Waals surface area contributed by atoms with Crippen LogP contribution in [0.3, 0.4) is 0 Å². The van der Waals surface area contributed by atoms with Gasteiger partial charge >= 0.3 is 0 Å². The minimum absolute atomic E-state index is 0.339. The lowest BCUT2D eigenvalue weighted by Gasteiger charge is -2.15. The third kappa shape index (κ3) is 17.7. The highest BCUT2D eigenvalue weighted by Gasteiger charge is 2.22. The van der Waals surface area contributed by atoms with E-state index in [1.165, 1.54) is 51.4 Å². The van der Waals surface area contributed by atoms with Crippen molar-refractivity contribution in [2.75, 3.05) is 0 Å². The lowest BCUT2D eigenvalue weighted by atomic mass is 10.0. The molecule has 27 heavy (non-hydrogen) atoms. The second kappa shape index (κ2) is 17.9. The number of unbranched alkanes of at least 4 members (excludes halogenated alkanes) is 11. The molecule has 0 aromatic carbocycles. The van der Waals surface area contributed by atoms with Crippen molar-refractivity contribution in [2.45, 2.75) is 141 Å². The quantitative estimate of drug-likeness (QED) is 0.175. The molecule has 0 amide bonds. The van der Waals surface area contributed by atoms with E-state index in [-0.39, 0.29) is 6.10 Å². The van der Waals surface area contributed by atoms with Gasteiger partial charge in [0, 0.05) is 0 Å². The Morgan fingerprint density at radius 2 is 1.00 bits per heavy atom. The minimum Gasteiger partial charge on any atom is -0.393 e. The molecule has 0 spiro atoms. The number of aliphatic hydroxyl groups is 1. The zero-order valence-electron chi connectivity index (χ0n) is 18.0. The fraction of sp³-hybridized carbons (Fsp3) is 1.00. The third-order valence-electron chi connectivity index (χ3n) is 5.51. The maximum Gasteiger partial charge on any atom is 0.267 e. The first-order valence-corrected chi connectivity index (χ1v) is 13.1. The summed E-state index contributed by atoms with van der Waals surface area (Å²) in [6, 6.07) is 0. The first kappa shape index (κ1) is 26.9. The molecule has 2 atom stereocenters. The van der Waals surface area contributed by atoms with Crippen LogP contribution in [0, 0.1) is 0 Å². The summed E-state index contributed by atoms with van der Waals surface area (Å²) in [4.78, 5) is 0. The average molecular weight is 407 g/mol. The summed E-state index contributed by atoms with van der Waals surface area (Å²) in [7, 11) is -3.97. The van der Waals surface area contributed by atoms with Crippen LogP contribution in [0.2, 0.25) is 0 Å². The zero-order chi connectivity index (χ0) is 20.4. The summed E-state index contributed by atoms with van der Waals surface area (Å²) in [6.45, 7) is 4.33. The molecular weight excluding hydrogens is 360 g/mol. The largest absolute Gasteiger partial charge is 0.393 e. The average Bonchev–Trinajstić information content (AvgIpc) is 2.62. The van der Waals surface area contributed by atoms with Crippen LogP contribution < -0.4 is 0 Å². The van der Waals surface area contributed by atoms with Gasteiger partial charge in [0.2, 0.25) is 0 Å². The molecule has 0 aliphatic heterocycles. The second-order valence-corrected chi connectivity index (χ2v) is 9.88. The van der Waals surface area contributed by atoms with Gasteiger partial charge in [-0.15, -0.1) is 0 Å². The Balaban J connectivity index is 3.75. The van der Waals surface area contributed by atoms with Gasteiger partial charge in [0.25, 0.3) is 10.1 Å². The van der Waals surface area contributed by atoms with Crippen molar-refractivity contribution in [1.82, 2.24) is 0 Å². The van der Waals surface area contributed by atoms with Crippen LogP contribution in [0.1, 0.15) is 129 Å². The van der Waals surface area contributed by atoms with E-state index in [0.717, 1.165) is 38.5 Å². The van der Waals surface area contributed by atoms with Crippen molar-refractivity contribution in [3.05, 3.63) is 0 Å². The number of hydrogen-bond donors (Lipinski definition) is 2. The molecule has 0 saturated heterocycles. The molecule has 2 N–H and O–H groups in total. The molecule has 0 radical (unpaired) electrons. The van der Waals surface area contributed by atoms with Gasteiger partial charge in [-0.1, -0.05) is 97.3 Å². The van der Waals surface area contributed by atoms with Crippen molar-refractivity contribution < 1.29 is 18.1 Å². The number of hydrogen-bond acceptors (Lipinski definition) is 3. The van der Waals surface area contributed by atoms with E-state index in [1.54, 1.807) is 0 Å². The van der Waals surface area contributed by atoms with Crippen LogP contribution in [0.25, 0.3) is 0 Å². The fourth-order valence-electron chi connectivity index (χ4n) is 3.64. The maximum absolute atomic E-state index is 11.6. The predicted molar refractivity (Wildman–Crippen MR) is 116 cm³/mol.